The molecule has 0 aliphatic carbocycles. The van der Waals surface area contributed by atoms with Crippen LogP contribution < -0.4 is 10.6 Å². The fourth-order valence-corrected chi connectivity index (χ4v) is 3.49. The summed E-state index contributed by atoms with van der Waals surface area (Å²) in [6.07, 6.45) is 2.31. The molecule has 2 aromatic rings. The van der Waals surface area contributed by atoms with Crippen LogP contribution in [-0.2, 0) is 11.3 Å². The first-order valence-corrected chi connectivity index (χ1v) is 9.43. The van der Waals surface area contributed by atoms with Crippen molar-refractivity contribution in [1.29, 1.82) is 0 Å². The monoisotopic (exact) mass is 369 g/mol. The van der Waals surface area contributed by atoms with Crippen molar-refractivity contribution < 1.29 is 14.0 Å². The summed E-state index contributed by atoms with van der Waals surface area (Å²) >= 11 is 0. The highest BCUT2D eigenvalue weighted by atomic mass is 16.3. The van der Waals surface area contributed by atoms with E-state index in [0.29, 0.717) is 25.4 Å². The third-order valence-corrected chi connectivity index (χ3v) is 4.81. The second-order valence-electron chi connectivity index (χ2n) is 7.35. The minimum atomic E-state index is -0.253. The average molecular weight is 369 g/mol. The van der Waals surface area contributed by atoms with Crippen LogP contribution in [0.2, 0.25) is 0 Å². The molecule has 144 valence electrons. The van der Waals surface area contributed by atoms with Crippen molar-refractivity contribution >= 4 is 11.9 Å². The van der Waals surface area contributed by atoms with Crippen molar-refractivity contribution in [2.24, 2.45) is 5.92 Å². The van der Waals surface area contributed by atoms with Crippen LogP contribution in [0, 0.1) is 5.92 Å². The number of hydrogen-bond donors (Lipinski definition) is 2. The number of benzene rings is 1. The average Bonchev–Trinajstić information content (AvgIpc) is 3.19. The predicted octanol–water partition coefficient (Wildman–Crippen LogP) is 3.12. The number of nitrogens with zero attached hydrogens (tertiary/aromatic N) is 1. The molecule has 2 atom stereocenters. The molecule has 2 heterocycles. The van der Waals surface area contributed by atoms with Gasteiger partial charge in [0.15, 0.2) is 0 Å². The zero-order valence-electron chi connectivity index (χ0n) is 15.9. The summed E-state index contributed by atoms with van der Waals surface area (Å²) in [5, 5.41) is 5.87. The van der Waals surface area contributed by atoms with E-state index >= 15 is 0 Å². The van der Waals surface area contributed by atoms with Crippen LogP contribution in [0.3, 0.4) is 0 Å². The summed E-state index contributed by atoms with van der Waals surface area (Å²) in [7, 11) is 0. The van der Waals surface area contributed by atoms with Crippen molar-refractivity contribution in [3.05, 3.63) is 60.1 Å². The van der Waals surface area contributed by atoms with E-state index < -0.39 is 0 Å². The van der Waals surface area contributed by atoms with Gasteiger partial charge in [0.2, 0.25) is 5.91 Å². The summed E-state index contributed by atoms with van der Waals surface area (Å²) in [4.78, 5) is 27.1. The smallest absolute Gasteiger partial charge is 0.317 e. The lowest BCUT2D eigenvalue weighted by molar-refractivity contribution is -0.126. The highest BCUT2D eigenvalue weighted by molar-refractivity contribution is 5.81. The molecule has 0 radical (unpaired) electrons. The number of rotatable bonds is 5. The molecular weight excluding hydrogens is 342 g/mol. The molecule has 1 saturated heterocycles. The highest BCUT2D eigenvalue weighted by Gasteiger charge is 2.34. The van der Waals surface area contributed by atoms with E-state index in [9.17, 15) is 9.59 Å². The standard InChI is InChI=1S/C21H27N3O3/c1-15(2)23-21(26)24-13-17(16-7-4-3-5-8-16)11-18(14-24)20(25)22-12-19-9-6-10-27-19/h3-10,15,17-18H,11-14H2,1-2H3,(H,22,25)(H,23,26). The number of amides is 3. The second kappa shape index (κ2) is 8.75. The lowest BCUT2D eigenvalue weighted by Gasteiger charge is -2.37. The molecule has 1 aromatic heterocycles. The van der Waals surface area contributed by atoms with Crippen molar-refractivity contribution in [2.45, 2.75) is 38.8 Å². The predicted molar refractivity (Wildman–Crippen MR) is 103 cm³/mol. The number of nitrogens with one attached hydrogen (secondary N) is 2. The zero-order valence-corrected chi connectivity index (χ0v) is 15.9. The van der Waals surface area contributed by atoms with Crippen molar-refractivity contribution in [3.63, 3.8) is 0 Å². The molecule has 1 fully saturated rings. The molecule has 0 bridgehead atoms. The number of furan rings is 1. The fraction of sp³-hybridized carbons (Fsp3) is 0.429. The normalized spacial score (nSPS) is 19.7. The summed E-state index contributed by atoms with van der Waals surface area (Å²) in [5.41, 5.74) is 1.16. The summed E-state index contributed by atoms with van der Waals surface area (Å²) in [6.45, 7) is 5.26. The van der Waals surface area contributed by atoms with Gasteiger partial charge in [-0.1, -0.05) is 30.3 Å². The molecule has 0 saturated carbocycles. The van der Waals surface area contributed by atoms with Gasteiger partial charge in [0.1, 0.15) is 5.76 Å². The number of carbonyl (C=O) groups excluding carboxylic acids is 2. The van der Waals surface area contributed by atoms with Gasteiger partial charge in [0.05, 0.1) is 18.7 Å². The van der Waals surface area contributed by atoms with E-state index in [4.69, 9.17) is 4.42 Å². The van der Waals surface area contributed by atoms with Crippen LogP contribution in [0.25, 0.3) is 0 Å². The van der Waals surface area contributed by atoms with Crippen LogP contribution in [0.1, 0.15) is 37.5 Å². The molecular formula is C21H27N3O3. The van der Waals surface area contributed by atoms with E-state index in [2.05, 4.69) is 22.8 Å². The van der Waals surface area contributed by atoms with Crippen LogP contribution in [0.4, 0.5) is 4.79 Å². The van der Waals surface area contributed by atoms with Gasteiger partial charge in [-0.2, -0.15) is 0 Å². The van der Waals surface area contributed by atoms with Gasteiger partial charge in [-0.25, -0.2) is 4.79 Å². The quantitative estimate of drug-likeness (QED) is 0.850. The first kappa shape index (κ1) is 19.0. The van der Waals surface area contributed by atoms with Gasteiger partial charge < -0.3 is 20.0 Å². The van der Waals surface area contributed by atoms with E-state index in [0.717, 1.165) is 12.0 Å². The molecule has 2 unspecified atom stereocenters. The molecule has 6 nitrogen and oxygen atoms in total. The maximum absolute atomic E-state index is 12.7. The topological polar surface area (TPSA) is 74.6 Å². The Bertz CT molecular complexity index is 743. The molecule has 27 heavy (non-hydrogen) atoms. The molecule has 2 N–H and O–H groups in total. The van der Waals surface area contributed by atoms with Gasteiger partial charge in [-0.15, -0.1) is 0 Å². The molecule has 3 amide bonds. The van der Waals surface area contributed by atoms with Gasteiger partial charge in [0.25, 0.3) is 0 Å². The summed E-state index contributed by atoms with van der Waals surface area (Å²) in [5.74, 6) is 0.552. The number of likely N-dealkylation sites (tertiary alicyclic amines) is 1. The Kier molecular flexibility index (Phi) is 6.16. The van der Waals surface area contributed by atoms with Crippen molar-refractivity contribution in [1.82, 2.24) is 15.5 Å². The van der Waals surface area contributed by atoms with Gasteiger partial charge >= 0.3 is 6.03 Å². The lowest BCUT2D eigenvalue weighted by Crippen LogP contribution is -2.52. The minimum Gasteiger partial charge on any atom is -0.467 e. The first-order chi connectivity index (χ1) is 13.0. The maximum Gasteiger partial charge on any atom is 0.317 e. The van der Waals surface area contributed by atoms with Crippen LogP contribution in [0.15, 0.2) is 53.1 Å². The zero-order chi connectivity index (χ0) is 19.2. The van der Waals surface area contributed by atoms with E-state index in [1.807, 2.05) is 38.1 Å². The Labute approximate surface area is 159 Å². The summed E-state index contributed by atoms with van der Waals surface area (Å²) in [6, 6.07) is 13.7. The maximum atomic E-state index is 12.7. The summed E-state index contributed by atoms with van der Waals surface area (Å²) < 4.78 is 5.28. The van der Waals surface area contributed by atoms with E-state index in [-0.39, 0.29) is 29.8 Å². The number of urea groups is 1. The van der Waals surface area contributed by atoms with Crippen molar-refractivity contribution in [2.75, 3.05) is 13.1 Å². The second-order valence-corrected chi connectivity index (χ2v) is 7.35. The number of piperidine rings is 1. The third-order valence-electron chi connectivity index (χ3n) is 4.81. The lowest BCUT2D eigenvalue weighted by atomic mass is 9.84. The Hall–Kier alpha value is -2.76. The Morgan fingerprint density at radius 2 is 1.93 bits per heavy atom. The largest absolute Gasteiger partial charge is 0.467 e. The van der Waals surface area contributed by atoms with E-state index in [1.54, 1.807) is 17.2 Å². The number of carbonyl (C=O) groups is 2. The van der Waals surface area contributed by atoms with Gasteiger partial charge in [0, 0.05) is 25.0 Å². The third kappa shape index (κ3) is 5.12. The highest BCUT2D eigenvalue weighted by Crippen LogP contribution is 2.30. The Balaban J connectivity index is 1.71. The Morgan fingerprint density at radius 3 is 2.59 bits per heavy atom. The van der Waals surface area contributed by atoms with Crippen LogP contribution >= 0.6 is 0 Å². The molecule has 1 aliphatic rings. The number of hydrogen-bond acceptors (Lipinski definition) is 3. The molecule has 6 heteroatoms. The molecule has 0 spiro atoms. The fourth-order valence-electron chi connectivity index (χ4n) is 3.49. The van der Waals surface area contributed by atoms with Gasteiger partial charge in [-0.05, 0) is 38.0 Å². The molecule has 1 aromatic carbocycles. The first-order valence-electron chi connectivity index (χ1n) is 9.43. The van der Waals surface area contributed by atoms with E-state index in [1.165, 1.54) is 0 Å². The molecule has 3 rings (SSSR count). The van der Waals surface area contributed by atoms with Gasteiger partial charge in [-0.3, -0.25) is 4.79 Å². The van der Waals surface area contributed by atoms with Crippen LogP contribution in [0.5, 0.6) is 0 Å². The van der Waals surface area contributed by atoms with Crippen LogP contribution in [-0.4, -0.2) is 36.0 Å². The Morgan fingerprint density at radius 1 is 1.15 bits per heavy atom. The SMILES string of the molecule is CC(C)NC(=O)N1CC(C(=O)NCc2ccco2)CC(c2ccccc2)C1. The van der Waals surface area contributed by atoms with Crippen molar-refractivity contribution in [3.8, 4) is 0 Å². The minimum absolute atomic E-state index is 0.0469. The molecule has 1 aliphatic heterocycles.